The predicted octanol–water partition coefficient (Wildman–Crippen LogP) is 8.98. The van der Waals surface area contributed by atoms with Crippen LogP contribution in [0.3, 0.4) is 0 Å². The lowest BCUT2D eigenvalue weighted by atomic mass is 9.98. The van der Waals surface area contributed by atoms with Crippen molar-refractivity contribution in [2.75, 3.05) is 13.2 Å². The van der Waals surface area contributed by atoms with E-state index in [4.69, 9.17) is 17.6 Å². The lowest BCUT2D eigenvalue weighted by Crippen LogP contribution is -2.22. The van der Waals surface area contributed by atoms with E-state index in [-0.39, 0.29) is 12.5 Å². The smallest absolute Gasteiger partial charge is 0.220 e. The monoisotopic (exact) mass is 667 g/mol. The maximum absolute atomic E-state index is 12.9. The standard InChI is InChI=1S/C46H53NO3/c1-8-11-12-13-14-15-16-17-18-20-45(49)47-33-38-31-43(23-21-41-29-34(4)39(9-2)27-36(41)6)46(50-26-19-25-48)44(32-38)24-22-42-30-35(5)40(10-3)28-37(42)7/h2-3,27-32,48H,8,11-20,25-26,33H2,1,4-7H3,(H,47,49). The Balaban J connectivity index is 1.93. The molecule has 0 bridgehead atoms. The number of carbonyl (C=O) groups is 1. The van der Waals surface area contributed by atoms with Crippen molar-refractivity contribution in [2.45, 2.75) is 112 Å². The third kappa shape index (κ3) is 12.5. The van der Waals surface area contributed by atoms with Crippen molar-refractivity contribution in [3.8, 4) is 54.1 Å². The normalized spacial score (nSPS) is 10.2. The number of benzene rings is 3. The van der Waals surface area contributed by atoms with E-state index in [9.17, 15) is 9.90 Å². The highest BCUT2D eigenvalue weighted by molar-refractivity contribution is 5.76. The molecule has 50 heavy (non-hydrogen) atoms. The van der Waals surface area contributed by atoms with E-state index in [2.05, 4.69) is 47.8 Å². The molecular weight excluding hydrogens is 615 g/mol. The van der Waals surface area contributed by atoms with E-state index >= 15 is 0 Å². The SMILES string of the molecule is C#Cc1cc(C)c(C#Cc2cc(CNC(=O)CCCCCCCCCCC)cc(C#Cc3cc(C)c(C#C)cc3C)c2OCCCO)cc1C. The molecule has 1 amide bonds. The van der Waals surface area contributed by atoms with Crippen LogP contribution in [0, 0.1) is 76.1 Å². The zero-order chi connectivity index (χ0) is 36.3. The average molecular weight is 668 g/mol. The quantitative estimate of drug-likeness (QED) is 0.118. The van der Waals surface area contributed by atoms with Gasteiger partial charge in [0.05, 0.1) is 17.7 Å². The highest BCUT2D eigenvalue weighted by Crippen LogP contribution is 2.27. The molecule has 0 unspecified atom stereocenters. The van der Waals surface area contributed by atoms with E-state index in [0.717, 1.165) is 62.9 Å². The van der Waals surface area contributed by atoms with E-state index in [1.165, 1.54) is 44.9 Å². The molecule has 4 nitrogen and oxygen atoms in total. The highest BCUT2D eigenvalue weighted by Gasteiger charge is 2.13. The molecule has 0 saturated heterocycles. The van der Waals surface area contributed by atoms with Crippen molar-refractivity contribution in [1.29, 1.82) is 0 Å². The molecule has 0 heterocycles. The first-order valence-electron chi connectivity index (χ1n) is 18.1. The summed E-state index contributed by atoms with van der Waals surface area (Å²) in [5, 5.41) is 12.6. The number of aliphatic hydroxyl groups is 1. The minimum absolute atomic E-state index is 0.00505. The van der Waals surface area contributed by atoms with Crippen LogP contribution < -0.4 is 10.1 Å². The van der Waals surface area contributed by atoms with Crippen LogP contribution in [-0.2, 0) is 11.3 Å². The molecule has 0 aliphatic rings. The molecule has 0 aliphatic carbocycles. The third-order valence-electron chi connectivity index (χ3n) is 8.81. The van der Waals surface area contributed by atoms with Gasteiger partial charge >= 0.3 is 0 Å². The van der Waals surface area contributed by atoms with Crippen LogP contribution in [0.5, 0.6) is 5.75 Å². The number of nitrogens with one attached hydrogen (secondary N) is 1. The topological polar surface area (TPSA) is 58.6 Å². The molecular formula is C46H53NO3. The summed E-state index contributed by atoms with van der Waals surface area (Å²) in [5.41, 5.74) is 9.57. The summed E-state index contributed by atoms with van der Waals surface area (Å²) in [4.78, 5) is 12.9. The molecule has 3 rings (SSSR count). The Kier molecular flexibility index (Phi) is 16.8. The summed E-state index contributed by atoms with van der Waals surface area (Å²) in [6, 6.07) is 11.9. The Morgan fingerprint density at radius 3 is 1.56 bits per heavy atom. The molecule has 3 aromatic rings. The molecule has 0 aliphatic heterocycles. The number of carbonyl (C=O) groups excluding carboxylic acids is 1. The average Bonchev–Trinajstić information content (AvgIpc) is 3.10. The van der Waals surface area contributed by atoms with Gasteiger partial charge in [-0.15, -0.1) is 12.8 Å². The molecule has 4 heteroatoms. The largest absolute Gasteiger partial charge is 0.491 e. The zero-order valence-electron chi connectivity index (χ0n) is 30.8. The van der Waals surface area contributed by atoms with Crippen LogP contribution in [0.15, 0.2) is 36.4 Å². The molecule has 0 fully saturated rings. The third-order valence-corrected chi connectivity index (χ3v) is 8.81. The van der Waals surface area contributed by atoms with Crippen molar-refractivity contribution in [3.63, 3.8) is 0 Å². The van der Waals surface area contributed by atoms with Gasteiger partial charge in [-0.05, 0) is 98.3 Å². The van der Waals surface area contributed by atoms with E-state index in [1.807, 2.05) is 64.1 Å². The fourth-order valence-electron chi connectivity index (χ4n) is 5.74. The minimum Gasteiger partial charge on any atom is -0.491 e. The Morgan fingerprint density at radius 2 is 1.08 bits per heavy atom. The number of hydrogen-bond acceptors (Lipinski definition) is 3. The summed E-state index contributed by atoms with van der Waals surface area (Å²) in [5.74, 6) is 19.4. The lowest BCUT2D eigenvalue weighted by Gasteiger charge is -2.14. The van der Waals surface area contributed by atoms with Crippen LogP contribution in [0.25, 0.3) is 0 Å². The van der Waals surface area contributed by atoms with Gasteiger partial charge in [-0.1, -0.05) is 93.8 Å². The van der Waals surface area contributed by atoms with Crippen molar-refractivity contribution in [3.05, 3.63) is 97.6 Å². The van der Waals surface area contributed by atoms with Gasteiger partial charge < -0.3 is 15.2 Å². The first-order chi connectivity index (χ1) is 24.2. The summed E-state index contributed by atoms with van der Waals surface area (Å²) < 4.78 is 6.25. The van der Waals surface area contributed by atoms with Gasteiger partial charge in [0.1, 0.15) is 0 Å². The number of aliphatic hydroxyl groups excluding tert-OH is 1. The zero-order valence-corrected chi connectivity index (χ0v) is 30.8. The van der Waals surface area contributed by atoms with Crippen LogP contribution in [0.4, 0.5) is 0 Å². The maximum atomic E-state index is 12.9. The second kappa shape index (κ2) is 21.3. The molecule has 0 radical (unpaired) electrons. The second-order valence-electron chi connectivity index (χ2n) is 13.1. The van der Waals surface area contributed by atoms with Gasteiger partial charge in [-0.3, -0.25) is 4.79 Å². The first-order valence-corrected chi connectivity index (χ1v) is 18.1. The van der Waals surface area contributed by atoms with Crippen molar-refractivity contribution >= 4 is 5.91 Å². The van der Waals surface area contributed by atoms with Crippen molar-refractivity contribution in [2.24, 2.45) is 0 Å². The van der Waals surface area contributed by atoms with Crippen molar-refractivity contribution in [1.82, 2.24) is 5.32 Å². The molecule has 0 aromatic heterocycles. The van der Waals surface area contributed by atoms with Gasteiger partial charge in [0, 0.05) is 48.2 Å². The van der Waals surface area contributed by atoms with E-state index < -0.39 is 0 Å². The van der Waals surface area contributed by atoms with Gasteiger partial charge in [0.25, 0.3) is 0 Å². The number of unbranched alkanes of at least 4 members (excludes halogenated alkanes) is 8. The summed E-state index contributed by atoms with van der Waals surface area (Å²) >= 11 is 0. The van der Waals surface area contributed by atoms with Crippen LogP contribution in [-0.4, -0.2) is 24.2 Å². The number of hydrogen-bond donors (Lipinski definition) is 2. The summed E-state index contributed by atoms with van der Waals surface area (Å²) in [7, 11) is 0. The lowest BCUT2D eigenvalue weighted by molar-refractivity contribution is -0.121. The number of rotatable bonds is 16. The van der Waals surface area contributed by atoms with Crippen LogP contribution >= 0.6 is 0 Å². The summed E-state index contributed by atoms with van der Waals surface area (Å²) in [6.07, 6.45) is 23.3. The molecule has 3 aromatic carbocycles. The predicted molar refractivity (Wildman–Crippen MR) is 207 cm³/mol. The molecule has 0 saturated carbocycles. The molecule has 0 atom stereocenters. The van der Waals surface area contributed by atoms with Gasteiger partial charge in [-0.2, -0.15) is 0 Å². The highest BCUT2D eigenvalue weighted by atomic mass is 16.5. The molecule has 0 spiro atoms. The van der Waals surface area contributed by atoms with Gasteiger partial charge in [0.15, 0.2) is 5.75 Å². The second-order valence-corrected chi connectivity index (χ2v) is 13.1. The maximum Gasteiger partial charge on any atom is 0.220 e. The summed E-state index contributed by atoms with van der Waals surface area (Å²) in [6.45, 7) is 10.8. The van der Waals surface area contributed by atoms with Gasteiger partial charge in [0.2, 0.25) is 5.91 Å². The van der Waals surface area contributed by atoms with Crippen LogP contribution in [0.2, 0.25) is 0 Å². The van der Waals surface area contributed by atoms with Crippen LogP contribution in [0.1, 0.15) is 139 Å². The number of ether oxygens (including phenoxy) is 1. The van der Waals surface area contributed by atoms with Gasteiger partial charge in [-0.25, -0.2) is 0 Å². The number of aryl methyl sites for hydroxylation is 4. The number of terminal acetylenes is 2. The molecule has 260 valence electrons. The minimum atomic E-state index is 0.00505. The first kappa shape index (κ1) is 39.6. The molecule has 2 N–H and O–H groups in total. The Morgan fingerprint density at radius 1 is 0.640 bits per heavy atom. The Hall–Kier alpha value is -4.87. The number of amides is 1. The Bertz CT molecular complexity index is 1720. The Labute approximate surface area is 301 Å². The fourth-order valence-corrected chi connectivity index (χ4v) is 5.74. The van der Waals surface area contributed by atoms with E-state index in [1.54, 1.807) is 0 Å². The van der Waals surface area contributed by atoms with E-state index in [0.29, 0.717) is 42.9 Å². The fraction of sp³-hybridized carbons (Fsp3) is 0.413. The van der Waals surface area contributed by atoms with Crippen molar-refractivity contribution < 1.29 is 14.6 Å².